The second kappa shape index (κ2) is 5.69. The maximum Gasteiger partial charge on any atom is 0.356 e. The number of hydrogen-bond donors (Lipinski definition) is 1. The zero-order valence-corrected chi connectivity index (χ0v) is 10.7. The highest BCUT2D eigenvalue weighted by molar-refractivity contribution is 5.88. The molecule has 6 nitrogen and oxygen atoms in total. The highest BCUT2D eigenvalue weighted by Crippen LogP contribution is 2.31. The summed E-state index contributed by atoms with van der Waals surface area (Å²) < 4.78 is 4.63. The summed E-state index contributed by atoms with van der Waals surface area (Å²) in [5.41, 5.74) is 1.06. The number of carboxylic acids is 1. The van der Waals surface area contributed by atoms with E-state index in [0.29, 0.717) is 12.6 Å². The van der Waals surface area contributed by atoms with Crippen LogP contribution in [-0.2, 0) is 9.53 Å². The number of rotatable bonds is 6. The van der Waals surface area contributed by atoms with E-state index in [1.54, 1.807) is 12.1 Å². The minimum atomic E-state index is -0.826. The number of carboxylic acid groups (broad SMARTS) is 1. The Hall–Kier alpha value is -2.11. The molecule has 0 unspecified atom stereocenters. The Bertz CT molecular complexity index is 485. The predicted molar refractivity (Wildman–Crippen MR) is 68.2 cm³/mol. The molecule has 1 aliphatic rings. The second-order valence-corrected chi connectivity index (χ2v) is 4.46. The van der Waals surface area contributed by atoms with Gasteiger partial charge in [0.15, 0.2) is 0 Å². The van der Waals surface area contributed by atoms with Crippen molar-refractivity contribution < 1.29 is 19.4 Å². The Morgan fingerprint density at radius 3 is 2.84 bits per heavy atom. The molecule has 6 heteroatoms. The van der Waals surface area contributed by atoms with Crippen molar-refractivity contribution in [2.45, 2.75) is 25.3 Å². The van der Waals surface area contributed by atoms with Crippen molar-refractivity contribution in [3.8, 4) is 0 Å². The van der Waals surface area contributed by atoms with E-state index in [0.717, 1.165) is 18.5 Å². The van der Waals surface area contributed by atoms with Gasteiger partial charge in [0.2, 0.25) is 0 Å². The third kappa shape index (κ3) is 3.43. The summed E-state index contributed by atoms with van der Waals surface area (Å²) in [7, 11) is 1.31. The first-order valence-corrected chi connectivity index (χ1v) is 6.14. The van der Waals surface area contributed by atoms with Gasteiger partial charge in [0.1, 0.15) is 5.69 Å². The maximum atomic E-state index is 11.4. The lowest BCUT2D eigenvalue weighted by Crippen LogP contribution is -2.28. The monoisotopic (exact) mass is 264 g/mol. The lowest BCUT2D eigenvalue weighted by atomic mass is 10.2. The van der Waals surface area contributed by atoms with Crippen LogP contribution in [0.3, 0.4) is 0 Å². The summed E-state index contributed by atoms with van der Waals surface area (Å²) in [5.74, 6) is -1.32. The van der Waals surface area contributed by atoms with Gasteiger partial charge in [0.05, 0.1) is 13.5 Å². The topological polar surface area (TPSA) is 79.7 Å². The zero-order valence-electron chi connectivity index (χ0n) is 10.7. The van der Waals surface area contributed by atoms with Crippen LogP contribution >= 0.6 is 0 Å². The number of nitrogens with zero attached hydrogens (tertiary/aromatic N) is 2. The molecule has 1 aromatic rings. The maximum absolute atomic E-state index is 11.4. The number of aromatic nitrogens is 1. The summed E-state index contributed by atoms with van der Waals surface area (Å²) in [5, 5.41) is 8.78. The third-order valence-corrected chi connectivity index (χ3v) is 3.02. The number of aliphatic carboxylic acids is 1. The molecule has 0 aliphatic heterocycles. The number of hydrogen-bond acceptors (Lipinski definition) is 5. The first-order chi connectivity index (χ1) is 9.11. The minimum Gasteiger partial charge on any atom is -0.481 e. The third-order valence-electron chi connectivity index (χ3n) is 3.02. The van der Waals surface area contributed by atoms with E-state index in [2.05, 4.69) is 9.72 Å². The molecule has 0 radical (unpaired) electrons. The molecule has 1 N–H and O–H groups in total. The molecule has 0 amide bonds. The fraction of sp³-hybridized carbons (Fsp3) is 0.462. The van der Waals surface area contributed by atoms with Crippen LogP contribution in [0.2, 0.25) is 0 Å². The molecular formula is C13H16N2O4. The Balaban J connectivity index is 2.16. The highest BCUT2D eigenvalue weighted by atomic mass is 16.5. The van der Waals surface area contributed by atoms with E-state index in [1.807, 2.05) is 4.90 Å². The minimum absolute atomic E-state index is 0.0758. The van der Waals surface area contributed by atoms with E-state index in [1.165, 1.54) is 13.3 Å². The van der Waals surface area contributed by atoms with E-state index in [-0.39, 0.29) is 12.1 Å². The number of carbonyl (C=O) groups is 2. The SMILES string of the molecule is COC(=O)c1cc(N(CCC(=O)O)C2CC2)ccn1. The molecule has 0 atom stereocenters. The van der Waals surface area contributed by atoms with Crippen LogP contribution in [0.1, 0.15) is 29.8 Å². The zero-order chi connectivity index (χ0) is 13.8. The van der Waals surface area contributed by atoms with Gasteiger partial charge in [-0.3, -0.25) is 4.79 Å². The molecule has 1 aromatic heterocycles. The number of anilines is 1. The number of carbonyl (C=O) groups excluding carboxylic acids is 1. The Labute approximate surface area is 111 Å². The van der Waals surface area contributed by atoms with Crippen molar-refractivity contribution in [3.05, 3.63) is 24.0 Å². The first kappa shape index (κ1) is 13.3. The molecule has 0 aromatic carbocycles. The van der Waals surface area contributed by atoms with Gasteiger partial charge in [-0.05, 0) is 25.0 Å². The molecule has 2 rings (SSSR count). The summed E-state index contributed by atoms with van der Waals surface area (Å²) in [6.07, 6.45) is 3.72. The van der Waals surface area contributed by atoms with Gasteiger partial charge in [0.25, 0.3) is 0 Å². The van der Waals surface area contributed by atoms with Crippen LogP contribution < -0.4 is 4.90 Å². The van der Waals surface area contributed by atoms with E-state index < -0.39 is 11.9 Å². The highest BCUT2D eigenvalue weighted by Gasteiger charge is 2.29. The molecule has 19 heavy (non-hydrogen) atoms. The first-order valence-electron chi connectivity index (χ1n) is 6.14. The molecule has 0 spiro atoms. The molecule has 1 aliphatic carbocycles. The van der Waals surface area contributed by atoms with E-state index >= 15 is 0 Å². The normalized spacial score (nSPS) is 13.9. The standard InChI is InChI=1S/C13H16N2O4/c1-19-13(18)11-8-10(4-6-14-11)15(9-2-3-9)7-5-12(16)17/h4,6,8-9H,2-3,5,7H2,1H3,(H,16,17). The van der Waals surface area contributed by atoms with Gasteiger partial charge in [-0.2, -0.15) is 0 Å². The van der Waals surface area contributed by atoms with Crippen LogP contribution in [0.15, 0.2) is 18.3 Å². The second-order valence-electron chi connectivity index (χ2n) is 4.46. The van der Waals surface area contributed by atoms with E-state index in [9.17, 15) is 9.59 Å². The fourth-order valence-electron chi connectivity index (χ4n) is 1.94. The number of methoxy groups -OCH3 is 1. The lowest BCUT2D eigenvalue weighted by molar-refractivity contribution is -0.136. The molecule has 0 bridgehead atoms. The van der Waals surface area contributed by atoms with Crippen molar-refractivity contribution in [2.75, 3.05) is 18.6 Å². The number of ether oxygens (including phenoxy) is 1. The average molecular weight is 264 g/mol. The molecule has 1 saturated carbocycles. The predicted octanol–water partition coefficient (Wildman–Crippen LogP) is 1.31. The van der Waals surface area contributed by atoms with Gasteiger partial charge >= 0.3 is 11.9 Å². The van der Waals surface area contributed by atoms with Crippen molar-refractivity contribution in [3.63, 3.8) is 0 Å². The summed E-state index contributed by atoms with van der Waals surface area (Å²) in [6, 6.07) is 3.80. The Morgan fingerprint density at radius 1 is 1.53 bits per heavy atom. The number of pyridine rings is 1. The summed E-state index contributed by atoms with van der Waals surface area (Å²) in [6.45, 7) is 0.435. The van der Waals surface area contributed by atoms with Gasteiger partial charge in [-0.15, -0.1) is 0 Å². The van der Waals surface area contributed by atoms with Crippen molar-refractivity contribution in [1.82, 2.24) is 4.98 Å². The van der Waals surface area contributed by atoms with Gasteiger partial charge < -0.3 is 14.7 Å². The van der Waals surface area contributed by atoms with Gasteiger partial charge in [-0.25, -0.2) is 9.78 Å². The molecule has 1 fully saturated rings. The average Bonchev–Trinajstić information content (AvgIpc) is 3.23. The lowest BCUT2D eigenvalue weighted by Gasteiger charge is -2.24. The van der Waals surface area contributed by atoms with Crippen molar-refractivity contribution in [2.24, 2.45) is 0 Å². The summed E-state index contributed by atoms with van der Waals surface area (Å²) in [4.78, 5) is 28.1. The molecule has 1 heterocycles. The van der Waals surface area contributed by atoms with Crippen molar-refractivity contribution in [1.29, 1.82) is 0 Å². The Kier molecular flexibility index (Phi) is 3.99. The van der Waals surface area contributed by atoms with Gasteiger partial charge in [-0.1, -0.05) is 0 Å². The van der Waals surface area contributed by atoms with Crippen molar-refractivity contribution >= 4 is 17.6 Å². The largest absolute Gasteiger partial charge is 0.481 e. The molecule has 0 saturated heterocycles. The molecule has 102 valence electrons. The quantitative estimate of drug-likeness (QED) is 0.780. The fourth-order valence-corrected chi connectivity index (χ4v) is 1.94. The van der Waals surface area contributed by atoms with Crippen LogP contribution in [0.25, 0.3) is 0 Å². The van der Waals surface area contributed by atoms with Crippen LogP contribution in [0, 0.1) is 0 Å². The van der Waals surface area contributed by atoms with Crippen LogP contribution in [0.5, 0.6) is 0 Å². The molecular weight excluding hydrogens is 248 g/mol. The van der Waals surface area contributed by atoms with Crippen LogP contribution in [-0.4, -0.2) is 41.7 Å². The van der Waals surface area contributed by atoms with Gasteiger partial charge in [0, 0.05) is 24.5 Å². The number of esters is 1. The van der Waals surface area contributed by atoms with E-state index in [4.69, 9.17) is 5.11 Å². The smallest absolute Gasteiger partial charge is 0.356 e. The summed E-state index contributed by atoms with van der Waals surface area (Å²) >= 11 is 0. The Morgan fingerprint density at radius 2 is 2.26 bits per heavy atom. The van der Waals surface area contributed by atoms with Crippen LogP contribution in [0.4, 0.5) is 5.69 Å².